The fourth-order valence-corrected chi connectivity index (χ4v) is 6.12. The second-order valence-electron chi connectivity index (χ2n) is 7.93. The summed E-state index contributed by atoms with van der Waals surface area (Å²) in [6.07, 6.45) is 5.99. The van der Waals surface area contributed by atoms with Gasteiger partial charge >= 0.3 is 0 Å². The molecule has 1 atom stereocenters. The van der Waals surface area contributed by atoms with E-state index in [4.69, 9.17) is 0 Å². The van der Waals surface area contributed by atoms with Crippen LogP contribution in [0, 0.1) is 0 Å². The summed E-state index contributed by atoms with van der Waals surface area (Å²) in [6, 6.07) is 17.8. The van der Waals surface area contributed by atoms with E-state index in [1.807, 2.05) is 41.3 Å². The molecule has 158 valence electrons. The Balaban J connectivity index is 1.45. The van der Waals surface area contributed by atoms with Gasteiger partial charge in [-0.05, 0) is 60.7 Å². The Morgan fingerprint density at radius 2 is 1.87 bits per heavy atom. The topological polar surface area (TPSA) is 70.6 Å². The Labute approximate surface area is 182 Å². The average molecular weight is 434 g/mol. The number of fused-ring (bicyclic) bond motifs is 1. The summed E-state index contributed by atoms with van der Waals surface area (Å²) in [5, 5.41) is 0. The van der Waals surface area contributed by atoms with E-state index in [-0.39, 0.29) is 16.8 Å². The van der Waals surface area contributed by atoms with Crippen LogP contribution >= 0.6 is 0 Å². The normalized spacial score (nSPS) is 18.3. The highest BCUT2D eigenvalue weighted by molar-refractivity contribution is 7.92. The van der Waals surface area contributed by atoms with E-state index in [0.29, 0.717) is 25.1 Å². The standard InChI is InChI=1S/C24H23N3O3S/c28-24(26-14-5-11-22(26)20-8-4-13-25-17-20)19-7-3-9-21(16-19)31(29,30)27-15-12-18-6-1-2-10-23(18)27/h1-4,6-10,13,16-17,22H,5,11-12,14-15H2/t22-/m1/s1. The van der Waals surface area contributed by atoms with Crippen LogP contribution in [-0.4, -0.2) is 37.3 Å². The predicted molar refractivity (Wildman–Crippen MR) is 118 cm³/mol. The van der Waals surface area contributed by atoms with Crippen molar-refractivity contribution in [3.8, 4) is 0 Å². The number of pyridine rings is 1. The zero-order valence-electron chi connectivity index (χ0n) is 17.0. The molecule has 0 unspecified atom stereocenters. The van der Waals surface area contributed by atoms with Crippen molar-refractivity contribution in [2.45, 2.75) is 30.2 Å². The van der Waals surface area contributed by atoms with Gasteiger partial charge in [0.2, 0.25) is 0 Å². The van der Waals surface area contributed by atoms with Crippen LogP contribution in [0.15, 0.2) is 78.0 Å². The van der Waals surface area contributed by atoms with Gasteiger partial charge in [0.05, 0.1) is 16.6 Å². The molecule has 0 radical (unpaired) electrons. The lowest BCUT2D eigenvalue weighted by Crippen LogP contribution is -2.31. The second-order valence-corrected chi connectivity index (χ2v) is 9.79. The number of nitrogens with zero attached hydrogens (tertiary/aromatic N) is 3. The van der Waals surface area contributed by atoms with Crippen molar-refractivity contribution in [2.75, 3.05) is 17.4 Å². The molecule has 1 aromatic heterocycles. The number of hydrogen-bond acceptors (Lipinski definition) is 4. The number of anilines is 1. The van der Waals surface area contributed by atoms with E-state index < -0.39 is 10.0 Å². The molecule has 5 rings (SSSR count). The Morgan fingerprint density at radius 1 is 1.00 bits per heavy atom. The lowest BCUT2D eigenvalue weighted by Gasteiger charge is -2.25. The quantitative estimate of drug-likeness (QED) is 0.627. The van der Waals surface area contributed by atoms with E-state index in [1.165, 1.54) is 10.4 Å². The van der Waals surface area contributed by atoms with Gasteiger partial charge in [-0.25, -0.2) is 8.42 Å². The highest BCUT2D eigenvalue weighted by Gasteiger charge is 2.33. The molecule has 6 nitrogen and oxygen atoms in total. The molecule has 0 spiro atoms. The molecule has 0 aliphatic carbocycles. The Morgan fingerprint density at radius 3 is 2.71 bits per heavy atom. The third-order valence-electron chi connectivity index (χ3n) is 6.10. The van der Waals surface area contributed by atoms with Crippen molar-refractivity contribution in [1.82, 2.24) is 9.88 Å². The Hall–Kier alpha value is -3.19. The van der Waals surface area contributed by atoms with Crippen LogP contribution in [0.3, 0.4) is 0 Å². The zero-order valence-corrected chi connectivity index (χ0v) is 17.8. The number of amides is 1. The van der Waals surface area contributed by atoms with Gasteiger partial charge in [-0.3, -0.25) is 14.1 Å². The van der Waals surface area contributed by atoms with Gasteiger partial charge in [-0.15, -0.1) is 0 Å². The summed E-state index contributed by atoms with van der Waals surface area (Å²) >= 11 is 0. The van der Waals surface area contributed by atoms with Crippen molar-refractivity contribution < 1.29 is 13.2 Å². The van der Waals surface area contributed by atoms with E-state index in [0.717, 1.165) is 29.7 Å². The van der Waals surface area contributed by atoms with Crippen LogP contribution in [0.5, 0.6) is 0 Å². The van der Waals surface area contributed by atoms with Crippen molar-refractivity contribution in [1.29, 1.82) is 0 Å². The van der Waals surface area contributed by atoms with Crippen LogP contribution in [0.25, 0.3) is 0 Å². The van der Waals surface area contributed by atoms with E-state index in [9.17, 15) is 13.2 Å². The molecular formula is C24H23N3O3S. The molecule has 1 amide bonds. The SMILES string of the molecule is O=C(c1cccc(S(=O)(=O)N2CCc3ccccc32)c1)N1CCC[C@@H]1c1cccnc1. The van der Waals surface area contributed by atoms with Crippen LogP contribution < -0.4 is 4.31 Å². The number of carbonyl (C=O) groups excluding carboxylic acids is 1. The van der Waals surface area contributed by atoms with E-state index in [2.05, 4.69) is 4.98 Å². The van der Waals surface area contributed by atoms with Crippen molar-refractivity contribution >= 4 is 21.6 Å². The van der Waals surface area contributed by atoms with Gasteiger partial charge in [0.1, 0.15) is 0 Å². The minimum Gasteiger partial charge on any atom is -0.332 e. The van der Waals surface area contributed by atoms with Crippen molar-refractivity contribution in [3.63, 3.8) is 0 Å². The minimum atomic E-state index is -3.74. The number of likely N-dealkylation sites (tertiary alicyclic amines) is 1. The lowest BCUT2D eigenvalue weighted by atomic mass is 10.1. The highest BCUT2D eigenvalue weighted by atomic mass is 32.2. The van der Waals surface area contributed by atoms with E-state index in [1.54, 1.807) is 30.6 Å². The van der Waals surface area contributed by atoms with Gasteiger partial charge in [0.25, 0.3) is 15.9 Å². The summed E-state index contributed by atoms with van der Waals surface area (Å²) in [7, 11) is -3.74. The van der Waals surface area contributed by atoms with Gasteiger partial charge in [-0.1, -0.05) is 30.3 Å². The van der Waals surface area contributed by atoms with Crippen LogP contribution in [-0.2, 0) is 16.4 Å². The number of rotatable bonds is 4. The largest absolute Gasteiger partial charge is 0.332 e. The first-order valence-corrected chi connectivity index (χ1v) is 11.9. The Bertz CT molecular complexity index is 1230. The molecule has 2 aliphatic heterocycles. The molecule has 1 fully saturated rings. The molecule has 0 bridgehead atoms. The van der Waals surface area contributed by atoms with Gasteiger partial charge in [0, 0.05) is 31.0 Å². The summed E-state index contributed by atoms with van der Waals surface area (Å²) in [5.74, 6) is -0.148. The number of aromatic nitrogens is 1. The number of benzene rings is 2. The van der Waals surface area contributed by atoms with Crippen LogP contribution in [0.1, 0.15) is 40.4 Å². The monoisotopic (exact) mass is 433 g/mol. The fourth-order valence-electron chi connectivity index (χ4n) is 4.57. The minimum absolute atomic E-state index is 0.0353. The first kappa shape index (κ1) is 19.8. The zero-order chi connectivity index (χ0) is 21.4. The molecule has 2 aromatic carbocycles. The maximum atomic E-state index is 13.4. The fraction of sp³-hybridized carbons (Fsp3) is 0.250. The number of carbonyl (C=O) groups is 1. The maximum absolute atomic E-state index is 13.4. The average Bonchev–Trinajstić information content (AvgIpc) is 3.47. The molecule has 1 saturated heterocycles. The Kier molecular flexibility index (Phi) is 4.98. The molecule has 2 aliphatic rings. The van der Waals surface area contributed by atoms with Crippen LogP contribution in [0.4, 0.5) is 5.69 Å². The van der Waals surface area contributed by atoms with Crippen molar-refractivity contribution in [3.05, 3.63) is 89.7 Å². The molecule has 0 N–H and O–H groups in total. The lowest BCUT2D eigenvalue weighted by molar-refractivity contribution is 0.0735. The summed E-state index contributed by atoms with van der Waals surface area (Å²) in [5.41, 5.74) is 3.14. The molecule has 3 heterocycles. The summed E-state index contributed by atoms with van der Waals surface area (Å²) in [4.78, 5) is 19.5. The van der Waals surface area contributed by atoms with Gasteiger partial charge < -0.3 is 4.90 Å². The summed E-state index contributed by atoms with van der Waals surface area (Å²) < 4.78 is 28.2. The van der Waals surface area contributed by atoms with Crippen molar-refractivity contribution in [2.24, 2.45) is 0 Å². The highest BCUT2D eigenvalue weighted by Crippen LogP contribution is 2.35. The predicted octanol–water partition coefficient (Wildman–Crippen LogP) is 3.81. The number of para-hydroxylation sites is 1. The molecule has 3 aromatic rings. The second kappa shape index (κ2) is 7.81. The number of sulfonamides is 1. The van der Waals surface area contributed by atoms with Crippen LogP contribution in [0.2, 0.25) is 0 Å². The molecule has 31 heavy (non-hydrogen) atoms. The number of hydrogen-bond donors (Lipinski definition) is 0. The summed E-state index contributed by atoms with van der Waals surface area (Å²) in [6.45, 7) is 1.06. The molecular weight excluding hydrogens is 410 g/mol. The first-order chi connectivity index (χ1) is 15.1. The molecule has 7 heteroatoms. The van der Waals surface area contributed by atoms with Gasteiger partial charge in [-0.2, -0.15) is 0 Å². The maximum Gasteiger partial charge on any atom is 0.264 e. The first-order valence-electron chi connectivity index (χ1n) is 10.5. The molecule has 0 saturated carbocycles. The van der Waals surface area contributed by atoms with Gasteiger partial charge in [0.15, 0.2) is 0 Å². The third kappa shape index (κ3) is 3.49. The third-order valence-corrected chi connectivity index (χ3v) is 7.91. The van der Waals surface area contributed by atoms with E-state index >= 15 is 0 Å². The smallest absolute Gasteiger partial charge is 0.264 e.